The summed E-state index contributed by atoms with van der Waals surface area (Å²) in [5.41, 5.74) is 1.16. The molecule has 0 spiro atoms. The first-order chi connectivity index (χ1) is 12.5. The van der Waals surface area contributed by atoms with Gasteiger partial charge in [-0.2, -0.15) is 5.10 Å². The molecule has 2 N–H and O–H groups in total. The zero-order valence-corrected chi connectivity index (χ0v) is 14.5. The average molecular weight is 353 g/mol. The Hall–Kier alpha value is -3.35. The molecule has 2 aromatic carbocycles. The number of nitrogens with zero attached hydrogens (tertiary/aromatic N) is 2. The maximum absolute atomic E-state index is 12.3. The monoisotopic (exact) mass is 353 g/mol. The van der Waals surface area contributed by atoms with Gasteiger partial charge in [0.15, 0.2) is 0 Å². The molecular weight excluding hydrogens is 334 g/mol. The number of carbonyl (C=O) groups is 2. The van der Waals surface area contributed by atoms with Crippen molar-refractivity contribution >= 4 is 28.5 Å². The highest BCUT2D eigenvalue weighted by molar-refractivity contribution is 6.00. The van der Waals surface area contributed by atoms with Gasteiger partial charge in [0, 0.05) is 18.0 Å². The van der Waals surface area contributed by atoms with Crippen molar-refractivity contribution in [3.05, 3.63) is 54.2 Å². The standard InChI is InChI=1S/C19H19N3O4/c1-12(22-11-13-10-14(26-2)7-8-16(13)21-22)9-18(23)20-17-6-4-3-5-15(17)19(24)25/h3-8,10-12H,9H2,1-2H3,(H,20,23)(H,24,25). The summed E-state index contributed by atoms with van der Waals surface area (Å²) in [4.78, 5) is 23.5. The van der Waals surface area contributed by atoms with Gasteiger partial charge in [0.05, 0.1) is 29.9 Å². The number of aromatic nitrogens is 2. The first-order valence-corrected chi connectivity index (χ1v) is 8.13. The van der Waals surface area contributed by atoms with E-state index in [1.165, 1.54) is 6.07 Å². The van der Waals surface area contributed by atoms with Crippen molar-refractivity contribution in [1.29, 1.82) is 0 Å². The second-order valence-electron chi connectivity index (χ2n) is 5.99. The molecule has 0 aliphatic rings. The molecule has 1 aromatic heterocycles. The second kappa shape index (κ2) is 7.26. The lowest BCUT2D eigenvalue weighted by atomic mass is 10.1. The number of ether oxygens (including phenoxy) is 1. The molecule has 134 valence electrons. The van der Waals surface area contributed by atoms with E-state index in [1.807, 2.05) is 31.3 Å². The van der Waals surface area contributed by atoms with E-state index in [0.29, 0.717) is 0 Å². The molecule has 1 amide bonds. The maximum Gasteiger partial charge on any atom is 0.337 e. The third-order valence-corrected chi connectivity index (χ3v) is 4.09. The highest BCUT2D eigenvalue weighted by Crippen LogP contribution is 2.22. The van der Waals surface area contributed by atoms with Crippen molar-refractivity contribution in [1.82, 2.24) is 9.78 Å². The molecule has 1 heterocycles. The Morgan fingerprint density at radius 2 is 2.04 bits per heavy atom. The largest absolute Gasteiger partial charge is 0.497 e. The molecule has 0 aliphatic carbocycles. The molecule has 1 atom stereocenters. The van der Waals surface area contributed by atoms with Crippen molar-refractivity contribution in [2.24, 2.45) is 0 Å². The molecule has 0 saturated carbocycles. The number of methoxy groups -OCH3 is 1. The van der Waals surface area contributed by atoms with Gasteiger partial charge < -0.3 is 15.2 Å². The third kappa shape index (κ3) is 3.66. The van der Waals surface area contributed by atoms with Crippen molar-refractivity contribution < 1.29 is 19.4 Å². The number of aromatic carboxylic acids is 1. The fourth-order valence-electron chi connectivity index (χ4n) is 2.72. The van der Waals surface area contributed by atoms with Crippen LogP contribution in [0.2, 0.25) is 0 Å². The third-order valence-electron chi connectivity index (χ3n) is 4.09. The van der Waals surface area contributed by atoms with Gasteiger partial charge in [-0.1, -0.05) is 12.1 Å². The van der Waals surface area contributed by atoms with Crippen LogP contribution >= 0.6 is 0 Å². The fraction of sp³-hybridized carbons (Fsp3) is 0.211. The number of anilines is 1. The Morgan fingerprint density at radius 3 is 2.77 bits per heavy atom. The summed E-state index contributed by atoms with van der Waals surface area (Å²) in [6.45, 7) is 1.88. The summed E-state index contributed by atoms with van der Waals surface area (Å²) in [5.74, 6) is -0.614. The first-order valence-electron chi connectivity index (χ1n) is 8.13. The van der Waals surface area contributed by atoms with Gasteiger partial charge in [-0.15, -0.1) is 0 Å². The van der Waals surface area contributed by atoms with Crippen molar-refractivity contribution in [2.75, 3.05) is 12.4 Å². The first kappa shape index (κ1) is 17.5. The predicted octanol–water partition coefficient (Wildman–Crippen LogP) is 3.33. The zero-order valence-electron chi connectivity index (χ0n) is 14.5. The molecule has 0 bridgehead atoms. The fourth-order valence-corrected chi connectivity index (χ4v) is 2.72. The average Bonchev–Trinajstić information content (AvgIpc) is 3.05. The molecule has 3 aromatic rings. The summed E-state index contributed by atoms with van der Waals surface area (Å²) in [7, 11) is 1.60. The van der Waals surface area contributed by atoms with Crippen LogP contribution in [-0.4, -0.2) is 33.9 Å². The smallest absolute Gasteiger partial charge is 0.337 e. The number of hydrogen-bond acceptors (Lipinski definition) is 4. The van der Waals surface area contributed by atoms with E-state index in [-0.39, 0.29) is 29.6 Å². The minimum Gasteiger partial charge on any atom is -0.497 e. The Balaban J connectivity index is 1.72. The topological polar surface area (TPSA) is 93.5 Å². The number of fused-ring (bicyclic) bond motifs is 1. The van der Waals surface area contributed by atoms with Gasteiger partial charge >= 0.3 is 5.97 Å². The number of carboxylic acid groups (broad SMARTS) is 1. The van der Waals surface area contributed by atoms with Crippen LogP contribution < -0.4 is 10.1 Å². The molecule has 0 aliphatic heterocycles. The second-order valence-corrected chi connectivity index (χ2v) is 5.99. The Bertz CT molecular complexity index is 964. The molecule has 0 radical (unpaired) electrons. The molecule has 1 unspecified atom stereocenters. The highest BCUT2D eigenvalue weighted by atomic mass is 16.5. The van der Waals surface area contributed by atoms with Crippen LogP contribution in [0.1, 0.15) is 29.7 Å². The van der Waals surface area contributed by atoms with Crippen molar-refractivity contribution in [3.63, 3.8) is 0 Å². The van der Waals surface area contributed by atoms with Crippen LogP contribution in [-0.2, 0) is 4.79 Å². The van der Waals surface area contributed by atoms with Gasteiger partial charge in [0.1, 0.15) is 5.75 Å². The number of hydrogen-bond donors (Lipinski definition) is 2. The molecule has 26 heavy (non-hydrogen) atoms. The SMILES string of the molecule is COc1ccc2nn(C(C)CC(=O)Nc3ccccc3C(=O)O)cc2c1. The lowest BCUT2D eigenvalue weighted by molar-refractivity contribution is -0.116. The van der Waals surface area contributed by atoms with E-state index in [9.17, 15) is 14.7 Å². The summed E-state index contributed by atoms with van der Waals surface area (Å²) in [6.07, 6.45) is 2.03. The van der Waals surface area contributed by atoms with E-state index in [0.717, 1.165) is 16.7 Å². The van der Waals surface area contributed by atoms with E-state index in [1.54, 1.807) is 30.0 Å². The molecule has 0 saturated heterocycles. The summed E-state index contributed by atoms with van der Waals surface area (Å²) in [6, 6.07) is 11.7. The normalized spacial score (nSPS) is 11.9. The predicted molar refractivity (Wildman–Crippen MR) is 97.6 cm³/mol. The van der Waals surface area contributed by atoms with Gasteiger partial charge in [-0.05, 0) is 37.3 Å². The van der Waals surface area contributed by atoms with E-state index < -0.39 is 5.97 Å². The number of nitrogens with one attached hydrogen (secondary N) is 1. The zero-order chi connectivity index (χ0) is 18.7. The molecule has 3 rings (SSSR count). The molecular formula is C19H19N3O4. The van der Waals surface area contributed by atoms with E-state index >= 15 is 0 Å². The summed E-state index contributed by atoms with van der Waals surface area (Å²) >= 11 is 0. The van der Waals surface area contributed by atoms with Crippen LogP contribution in [0.5, 0.6) is 5.75 Å². The van der Waals surface area contributed by atoms with Crippen LogP contribution in [0.3, 0.4) is 0 Å². The summed E-state index contributed by atoms with van der Waals surface area (Å²) in [5, 5.41) is 17.3. The number of carbonyl (C=O) groups excluding carboxylic acids is 1. The van der Waals surface area contributed by atoms with E-state index in [4.69, 9.17) is 4.74 Å². The van der Waals surface area contributed by atoms with Gasteiger partial charge in [0.25, 0.3) is 0 Å². The Labute approximate surface area is 150 Å². The van der Waals surface area contributed by atoms with Crippen LogP contribution in [0.15, 0.2) is 48.7 Å². The summed E-state index contributed by atoms with van der Waals surface area (Å²) < 4.78 is 6.93. The number of amides is 1. The van der Waals surface area contributed by atoms with Gasteiger partial charge in [-0.3, -0.25) is 9.48 Å². The van der Waals surface area contributed by atoms with E-state index in [2.05, 4.69) is 10.4 Å². The highest BCUT2D eigenvalue weighted by Gasteiger charge is 2.16. The quantitative estimate of drug-likeness (QED) is 0.709. The lowest BCUT2D eigenvalue weighted by Crippen LogP contribution is -2.19. The number of para-hydroxylation sites is 1. The Kier molecular flexibility index (Phi) is 4.88. The van der Waals surface area contributed by atoms with Crippen molar-refractivity contribution in [2.45, 2.75) is 19.4 Å². The number of benzene rings is 2. The van der Waals surface area contributed by atoms with Gasteiger partial charge in [0.2, 0.25) is 5.91 Å². The Morgan fingerprint density at radius 1 is 1.27 bits per heavy atom. The van der Waals surface area contributed by atoms with Crippen LogP contribution in [0, 0.1) is 0 Å². The van der Waals surface area contributed by atoms with Crippen molar-refractivity contribution in [3.8, 4) is 5.75 Å². The maximum atomic E-state index is 12.3. The number of carboxylic acids is 1. The minimum absolute atomic E-state index is 0.0606. The lowest BCUT2D eigenvalue weighted by Gasteiger charge is -2.13. The molecule has 7 heteroatoms. The molecule has 0 fully saturated rings. The van der Waals surface area contributed by atoms with Crippen LogP contribution in [0.4, 0.5) is 5.69 Å². The van der Waals surface area contributed by atoms with Gasteiger partial charge in [-0.25, -0.2) is 4.79 Å². The molecule has 7 nitrogen and oxygen atoms in total. The minimum atomic E-state index is -1.08. The van der Waals surface area contributed by atoms with Crippen LogP contribution in [0.25, 0.3) is 10.9 Å². The number of rotatable bonds is 6.